The van der Waals surface area contributed by atoms with Gasteiger partial charge in [-0.25, -0.2) is 0 Å². The van der Waals surface area contributed by atoms with Crippen LogP contribution in [0.25, 0.3) is 6.08 Å². The van der Waals surface area contributed by atoms with E-state index in [1.54, 1.807) is 49.6 Å². The number of hydrogen-bond acceptors (Lipinski definition) is 4. The summed E-state index contributed by atoms with van der Waals surface area (Å²) in [7, 11) is 1.56. The number of ether oxygens (including phenoxy) is 1. The molecule has 2 N–H and O–H groups in total. The molecule has 5 heteroatoms. The first-order valence-electron chi connectivity index (χ1n) is 7.57. The molecule has 0 atom stereocenters. The lowest BCUT2D eigenvalue weighted by Crippen LogP contribution is -2.13. The Labute approximate surface area is 146 Å². The van der Waals surface area contributed by atoms with Gasteiger partial charge in [-0.15, -0.1) is 6.58 Å². The number of benzene rings is 2. The highest BCUT2D eigenvalue weighted by Gasteiger charge is 2.10. The Bertz CT molecular complexity index is 846. The first-order valence-corrected chi connectivity index (χ1v) is 7.57. The van der Waals surface area contributed by atoms with Crippen molar-refractivity contribution in [1.29, 1.82) is 5.26 Å². The second kappa shape index (κ2) is 8.37. The van der Waals surface area contributed by atoms with Gasteiger partial charge in [0.2, 0.25) is 0 Å². The molecule has 0 radical (unpaired) electrons. The van der Waals surface area contributed by atoms with E-state index < -0.39 is 5.91 Å². The molecule has 25 heavy (non-hydrogen) atoms. The third-order valence-corrected chi connectivity index (χ3v) is 3.49. The van der Waals surface area contributed by atoms with Gasteiger partial charge in [0.15, 0.2) is 0 Å². The summed E-state index contributed by atoms with van der Waals surface area (Å²) in [5.41, 5.74) is 1.85. The highest BCUT2D eigenvalue weighted by molar-refractivity contribution is 6.09. The fraction of sp³-hybridized carbons (Fsp3) is 0.100. The number of rotatable bonds is 6. The maximum atomic E-state index is 12.3. The molecule has 1 amide bonds. The number of phenolic OH excluding ortho intramolecular Hbond substituents is 1. The number of anilines is 1. The van der Waals surface area contributed by atoms with Crippen LogP contribution in [0.3, 0.4) is 0 Å². The molecular weight excluding hydrogens is 316 g/mol. The molecule has 0 aliphatic heterocycles. The van der Waals surface area contributed by atoms with Crippen molar-refractivity contribution in [2.24, 2.45) is 0 Å². The number of nitrogens with one attached hydrogen (secondary N) is 1. The summed E-state index contributed by atoms with van der Waals surface area (Å²) < 4.78 is 5.06. The molecule has 0 heterocycles. The molecule has 0 bridgehead atoms. The van der Waals surface area contributed by atoms with Crippen LogP contribution in [0.15, 0.2) is 60.7 Å². The Hall–Kier alpha value is -3.52. The highest BCUT2D eigenvalue weighted by Crippen LogP contribution is 2.21. The van der Waals surface area contributed by atoms with Gasteiger partial charge in [-0.2, -0.15) is 5.26 Å². The van der Waals surface area contributed by atoms with Crippen LogP contribution >= 0.6 is 0 Å². The number of phenols is 1. The molecule has 0 unspecified atom stereocenters. The molecule has 2 aromatic carbocycles. The first kappa shape index (κ1) is 17.8. The van der Waals surface area contributed by atoms with Gasteiger partial charge in [0.1, 0.15) is 23.1 Å². The highest BCUT2D eigenvalue weighted by atomic mass is 16.5. The Morgan fingerprint density at radius 2 is 2.04 bits per heavy atom. The van der Waals surface area contributed by atoms with Crippen molar-refractivity contribution in [1.82, 2.24) is 0 Å². The van der Waals surface area contributed by atoms with Crippen molar-refractivity contribution in [2.75, 3.05) is 12.4 Å². The van der Waals surface area contributed by atoms with E-state index in [4.69, 9.17) is 4.74 Å². The van der Waals surface area contributed by atoms with E-state index in [9.17, 15) is 15.2 Å². The lowest BCUT2D eigenvalue weighted by molar-refractivity contribution is -0.112. The normalized spacial score (nSPS) is 10.6. The molecule has 2 aromatic rings. The number of carbonyl (C=O) groups is 1. The molecule has 0 aliphatic rings. The summed E-state index contributed by atoms with van der Waals surface area (Å²) in [6.45, 7) is 3.64. The Balaban J connectivity index is 2.21. The predicted molar refractivity (Wildman–Crippen MR) is 97.2 cm³/mol. The lowest BCUT2D eigenvalue weighted by atomic mass is 10.0. The van der Waals surface area contributed by atoms with Crippen molar-refractivity contribution in [3.05, 3.63) is 71.8 Å². The summed E-state index contributed by atoms with van der Waals surface area (Å²) >= 11 is 0. The van der Waals surface area contributed by atoms with Crippen molar-refractivity contribution in [3.63, 3.8) is 0 Å². The van der Waals surface area contributed by atoms with E-state index in [1.165, 1.54) is 12.1 Å². The van der Waals surface area contributed by atoms with Gasteiger partial charge in [0.05, 0.1) is 7.11 Å². The zero-order chi connectivity index (χ0) is 18.2. The minimum atomic E-state index is -0.508. The number of carbonyl (C=O) groups excluding carboxylic acids is 1. The topological polar surface area (TPSA) is 82.4 Å². The van der Waals surface area contributed by atoms with Crippen LogP contribution in [-0.4, -0.2) is 18.1 Å². The van der Waals surface area contributed by atoms with Crippen LogP contribution in [0.4, 0.5) is 5.69 Å². The average Bonchev–Trinajstić information content (AvgIpc) is 2.63. The van der Waals surface area contributed by atoms with Crippen molar-refractivity contribution in [3.8, 4) is 17.6 Å². The van der Waals surface area contributed by atoms with E-state index in [0.717, 1.165) is 0 Å². The van der Waals surface area contributed by atoms with E-state index in [1.807, 2.05) is 6.07 Å². The second-order valence-corrected chi connectivity index (χ2v) is 5.23. The molecular formula is C20H18N2O3. The largest absolute Gasteiger partial charge is 0.508 e. The van der Waals surface area contributed by atoms with E-state index in [-0.39, 0.29) is 11.3 Å². The smallest absolute Gasteiger partial charge is 0.266 e. The second-order valence-electron chi connectivity index (χ2n) is 5.23. The monoisotopic (exact) mass is 334 g/mol. The predicted octanol–water partition coefficient (Wildman–Crippen LogP) is 3.67. The SMILES string of the molecule is C=CCc1cc(/C=C(/C#N)C(=O)Nc2ccc(OC)cc2)ccc1O. The van der Waals surface area contributed by atoms with Crippen LogP contribution in [0.1, 0.15) is 11.1 Å². The number of nitriles is 1. The van der Waals surface area contributed by atoms with Gasteiger partial charge in [-0.05, 0) is 60.0 Å². The molecule has 5 nitrogen and oxygen atoms in total. The van der Waals surface area contributed by atoms with E-state index >= 15 is 0 Å². The zero-order valence-electron chi connectivity index (χ0n) is 13.8. The molecule has 0 spiro atoms. The summed E-state index contributed by atoms with van der Waals surface area (Å²) in [4.78, 5) is 12.3. The Morgan fingerprint density at radius 1 is 1.32 bits per heavy atom. The maximum Gasteiger partial charge on any atom is 0.266 e. The number of aromatic hydroxyl groups is 1. The summed E-state index contributed by atoms with van der Waals surface area (Å²) in [5, 5.41) is 21.7. The van der Waals surface area contributed by atoms with Gasteiger partial charge in [0.25, 0.3) is 5.91 Å². The average molecular weight is 334 g/mol. The Morgan fingerprint density at radius 3 is 2.64 bits per heavy atom. The quantitative estimate of drug-likeness (QED) is 0.480. The lowest BCUT2D eigenvalue weighted by Gasteiger charge is -2.06. The number of methoxy groups -OCH3 is 1. The molecule has 0 fully saturated rings. The maximum absolute atomic E-state index is 12.3. The number of allylic oxidation sites excluding steroid dienone is 1. The van der Waals surface area contributed by atoms with E-state index in [0.29, 0.717) is 29.0 Å². The van der Waals surface area contributed by atoms with Gasteiger partial charge in [0, 0.05) is 5.69 Å². The number of amides is 1. The molecule has 0 aliphatic carbocycles. The zero-order valence-corrected chi connectivity index (χ0v) is 13.8. The fourth-order valence-corrected chi connectivity index (χ4v) is 2.20. The minimum Gasteiger partial charge on any atom is -0.508 e. The molecule has 0 saturated carbocycles. The van der Waals surface area contributed by atoms with Crippen molar-refractivity contribution >= 4 is 17.7 Å². The molecule has 2 rings (SSSR count). The van der Waals surface area contributed by atoms with Crippen LogP contribution < -0.4 is 10.1 Å². The number of hydrogen-bond donors (Lipinski definition) is 2. The standard InChI is InChI=1S/C20H18N2O3/c1-3-4-15-11-14(5-10-19(15)23)12-16(13-21)20(24)22-17-6-8-18(25-2)9-7-17/h3,5-12,23H,1,4H2,2H3,(H,22,24)/b16-12-. The third kappa shape index (κ3) is 4.72. The molecule has 0 saturated heterocycles. The van der Waals surface area contributed by atoms with Crippen molar-refractivity contribution < 1.29 is 14.6 Å². The van der Waals surface area contributed by atoms with Crippen molar-refractivity contribution in [2.45, 2.75) is 6.42 Å². The fourth-order valence-electron chi connectivity index (χ4n) is 2.20. The van der Waals surface area contributed by atoms with Crippen LogP contribution in [0, 0.1) is 11.3 Å². The third-order valence-electron chi connectivity index (χ3n) is 3.49. The summed E-state index contributed by atoms with van der Waals surface area (Å²) in [6.07, 6.45) is 3.64. The van der Waals surface area contributed by atoms with Crippen LogP contribution in [0.2, 0.25) is 0 Å². The Kier molecular flexibility index (Phi) is 5.97. The first-order chi connectivity index (χ1) is 12.1. The molecule has 126 valence electrons. The van der Waals surface area contributed by atoms with Gasteiger partial charge in [-0.3, -0.25) is 4.79 Å². The summed E-state index contributed by atoms with van der Waals surface area (Å²) in [5.74, 6) is 0.317. The molecule has 0 aromatic heterocycles. The van der Waals surface area contributed by atoms with E-state index in [2.05, 4.69) is 11.9 Å². The van der Waals surface area contributed by atoms with Crippen LogP contribution in [-0.2, 0) is 11.2 Å². The van der Waals surface area contributed by atoms with Gasteiger partial charge in [-0.1, -0.05) is 12.1 Å². The minimum absolute atomic E-state index is 0.0361. The van der Waals surface area contributed by atoms with Crippen LogP contribution in [0.5, 0.6) is 11.5 Å². The van der Waals surface area contributed by atoms with Gasteiger partial charge >= 0.3 is 0 Å². The number of nitrogens with zero attached hydrogens (tertiary/aromatic N) is 1. The summed E-state index contributed by atoms with van der Waals surface area (Å²) in [6, 6.07) is 13.6. The van der Waals surface area contributed by atoms with Gasteiger partial charge < -0.3 is 15.2 Å².